The van der Waals surface area contributed by atoms with Crippen LogP contribution in [0.2, 0.25) is 0 Å². The average Bonchev–Trinajstić information content (AvgIpc) is 2.61. The molecule has 80 valence electrons. The van der Waals surface area contributed by atoms with Crippen molar-refractivity contribution in [2.75, 3.05) is 17.2 Å². The minimum atomic E-state index is 0.118. The normalized spacial score (nSPS) is 21.1. The highest BCUT2D eigenvalue weighted by Gasteiger charge is 2.30. The zero-order valence-electron chi connectivity index (χ0n) is 8.55. The Morgan fingerprint density at radius 1 is 1.53 bits per heavy atom. The summed E-state index contributed by atoms with van der Waals surface area (Å²) in [6.45, 7) is 2.58. The first-order chi connectivity index (χ1) is 7.20. The summed E-state index contributed by atoms with van der Waals surface area (Å²) in [5.41, 5.74) is 0.858. The number of thiol groups is 1. The lowest BCUT2D eigenvalue weighted by Gasteiger charge is -2.14. The number of aromatic nitrogens is 2. The summed E-state index contributed by atoms with van der Waals surface area (Å²) >= 11 is 4.21. The van der Waals surface area contributed by atoms with E-state index >= 15 is 0 Å². The molecule has 1 saturated heterocycles. The topological polar surface area (TPSA) is 46.1 Å². The van der Waals surface area contributed by atoms with Crippen molar-refractivity contribution in [1.82, 2.24) is 10.2 Å². The van der Waals surface area contributed by atoms with Gasteiger partial charge in [0.1, 0.15) is 0 Å². The molecule has 1 aliphatic heterocycles. The van der Waals surface area contributed by atoms with Gasteiger partial charge in [0.15, 0.2) is 5.82 Å². The molecule has 1 atom stereocenters. The Morgan fingerprint density at radius 2 is 2.33 bits per heavy atom. The van der Waals surface area contributed by atoms with E-state index < -0.39 is 0 Å². The third-order valence-corrected chi connectivity index (χ3v) is 3.04. The van der Waals surface area contributed by atoms with Crippen molar-refractivity contribution in [3.8, 4) is 0 Å². The van der Waals surface area contributed by atoms with Gasteiger partial charge in [0.05, 0.1) is 5.69 Å². The molecule has 1 aromatic heterocycles. The number of aryl methyl sites for hydroxylation is 1. The van der Waals surface area contributed by atoms with Gasteiger partial charge in [-0.25, -0.2) is 0 Å². The predicted molar refractivity (Wildman–Crippen MR) is 61.1 cm³/mol. The molecule has 1 aromatic rings. The first kappa shape index (κ1) is 10.4. The fraction of sp³-hybridized carbons (Fsp3) is 0.500. The number of rotatable bonds is 2. The second-order valence-electron chi connectivity index (χ2n) is 3.79. The lowest BCUT2D eigenvalue weighted by atomic mass is 10.1. The molecule has 0 aliphatic carbocycles. The molecule has 2 rings (SSSR count). The molecule has 1 amide bonds. The van der Waals surface area contributed by atoms with Gasteiger partial charge in [0.2, 0.25) is 5.91 Å². The fourth-order valence-electron chi connectivity index (χ4n) is 1.66. The summed E-state index contributed by atoms with van der Waals surface area (Å²) < 4.78 is 0. The first-order valence-corrected chi connectivity index (χ1v) is 5.55. The van der Waals surface area contributed by atoms with Gasteiger partial charge < -0.3 is 0 Å². The molecular formula is C10H13N3OS. The third kappa shape index (κ3) is 2.12. The molecule has 1 aliphatic rings. The fourth-order valence-corrected chi connectivity index (χ4v) is 1.91. The van der Waals surface area contributed by atoms with Crippen molar-refractivity contribution in [3.05, 3.63) is 17.8 Å². The maximum atomic E-state index is 11.7. The van der Waals surface area contributed by atoms with E-state index in [2.05, 4.69) is 22.8 Å². The standard InChI is InChI=1S/C10H13N3OS/c1-7-2-3-9(12-11-7)13-5-8(6-15)4-10(13)14/h2-3,8,15H,4-6H2,1H3. The van der Waals surface area contributed by atoms with Crippen molar-refractivity contribution in [1.29, 1.82) is 0 Å². The number of nitrogens with zero attached hydrogens (tertiary/aromatic N) is 3. The summed E-state index contributed by atoms with van der Waals surface area (Å²) in [4.78, 5) is 13.3. The second kappa shape index (κ2) is 4.18. The number of amides is 1. The zero-order chi connectivity index (χ0) is 10.8. The first-order valence-electron chi connectivity index (χ1n) is 4.92. The maximum absolute atomic E-state index is 11.7. The number of carbonyl (C=O) groups is 1. The molecule has 1 fully saturated rings. The summed E-state index contributed by atoms with van der Waals surface area (Å²) in [6, 6.07) is 3.70. The highest BCUT2D eigenvalue weighted by molar-refractivity contribution is 7.80. The van der Waals surface area contributed by atoms with E-state index in [-0.39, 0.29) is 5.91 Å². The van der Waals surface area contributed by atoms with Crippen LogP contribution >= 0.6 is 12.6 Å². The summed E-state index contributed by atoms with van der Waals surface area (Å²) in [5.74, 6) is 1.84. The van der Waals surface area contributed by atoms with Gasteiger partial charge in [0, 0.05) is 13.0 Å². The van der Waals surface area contributed by atoms with E-state index in [1.54, 1.807) is 4.90 Å². The van der Waals surface area contributed by atoms with Crippen LogP contribution in [-0.2, 0) is 4.79 Å². The summed E-state index contributed by atoms with van der Waals surface area (Å²) in [5, 5.41) is 7.96. The minimum absolute atomic E-state index is 0.118. The molecule has 0 radical (unpaired) electrons. The molecule has 5 heteroatoms. The van der Waals surface area contributed by atoms with Crippen LogP contribution in [0.25, 0.3) is 0 Å². The largest absolute Gasteiger partial charge is 0.295 e. The van der Waals surface area contributed by atoms with Gasteiger partial charge in [-0.2, -0.15) is 17.7 Å². The molecule has 4 nitrogen and oxygen atoms in total. The smallest absolute Gasteiger partial charge is 0.228 e. The van der Waals surface area contributed by atoms with E-state index in [0.717, 1.165) is 11.4 Å². The van der Waals surface area contributed by atoms with Gasteiger partial charge in [0.25, 0.3) is 0 Å². The molecule has 0 bridgehead atoms. The lowest BCUT2D eigenvalue weighted by Crippen LogP contribution is -2.25. The van der Waals surface area contributed by atoms with E-state index in [9.17, 15) is 4.79 Å². The molecule has 0 N–H and O–H groups in total. The van der Waals surface area contributed by atoms with Crippen LogP contribution in [0.5, 0.6) is 0 Å². The van der Waals surface area contributed by atoms with E-state index in [1.165, 1.54) is 0 Å². The van der Waals surface area contributed by atoms with Crippen LogP contribution in [0.15, 0.2) is 12.1 Å². The number of hydrogen-bond acceptors (Lipinski definition) is 4. The van der Waals surface area contributed by atoms with Crippen LogP contribution in [-0.4, -0.2) is 28.4 Å². The molecular weight excluding hydrogens is 210 g/mol. The third-order valence-electron chi connectivity index (χ3n) is 2.52. The highest BCUT2D eigenvalue weighted by Crippen LogP contribution is 2.23. The van der Waals surface area contributed by atoms with Crippen LogP contribution in [0.3, 0.4) is 0 Å². The Bertz CT molecular complexity index is 365. The second-order valence-corrected chi connectivity index (χ2v) is 4.16. The van der Waals surface area contributed by atoms with Crippen molar-refractivity contribution < 1.29 is 4.79 Å². The van der Waals surface area contributed by atoms with Gasteiger partial charge >= 0.3 is 0 Å². The quantitative estimate of drug-likeness (QED) is 0.763. The lowest BCUT2D eigenvalue weighted by molar-refractivity contribution is -0.117. The summed E-state index contributed by atoms with van der Waals surface area (Å²) in [7, 11) is 0. The van der Waals surface area contributed by atoms with Gasteiger partial charge in [-0.15, -0.1) is 5.10 Å². The molecule has 0 spiro atoms. The summed E-state index contributed by atoms with van der Waals surface area (Å²) in [6.07, 6.45) is 0.569. The molecule has 1 unspecified atom stereocenters. The van der Waals surface area contributed by atoms with Crippen molar-refractivity contribution in [2.24, 2.45) is 5.92 Å². The Kier molecular flexibility index (Phi) is 2.90. The van der Waals surface area contributed by atoms with Crippen LogP contribution in [0.1, 0.15) is 12.1 Å². The predicted octanol–water partition coefficient (Wildman–Crippen LogP) is 1.07. The van der Waals surface area contributed by atoms with Gasteiger partial charge in [-0.1, -0.05) is 0 Å². The minimum Gasteiger partial charge on any atom is -0.295 e. The van der Waals surface area contributed by atoms with Crippen LogP contribution in [0.4, 0.5) is 5.82 Å². The van der Waals surface area contributed by atoms with Gasteiger partial charge in [-0.05, 0) is 30.7 Å². The van der Waals surface area contributed by atoms with E-state index in [4.69, 9.17) is 0 Å². The van der Waals surface area contributed by atoms with Crippen molar-refractivity contribution >= 4 is 24.4 Å². The van der Waals surface area contributed by atoms with E-state index in [0.29, 0.717) is 24.7 Å². The Hall–Kier alpha value is -1.10. The Balaban J connectivity index is 2.18. The Morgan fingerprint density at radius 3 is 2.87 bits per heavy atom. The van der Waals surface area contributed by atoms with Crippen LogP contribution < -0.4 is 4.90 Å². The molecule has 2 heterocycles. The van der Waals surface area contributed by atoms with Crippen LogP contribution in [0, 0.1) is 12.8 Å². The maximum Gasteiger partial charge on any atom is 0.228 e. The molecule has 0 saturated carbocycles. The molecule has 0 aromatic carbocycles. The SMILES string of the molecule is Cc1ccc(N2CC(CS)CC2=O)nn1. The number of carbonyl (C=O) groups excluding carboxylic acids is 1. The highest BCUT2D eigenvalue weighted by atomic mass is 32.1. The molecule has 15 heavy (non-hydrogen) atoms. The Labute approximate surface area is 94.1 Å². The monoisotopic (exact) mass is 223 g/mol. The van der Waals surface area contributed by atoms with Crippen molar-refractivity contribution in [2.45, 2.75) is 13.3 Å². The van der Waals surface area contributed by atoms with E-state index in [1.807, 2.05) is 19.1 Å². The zero-order valence-corrected chi connectivity index (χ0v) is 9.44. The number of anilines is 1. The van der Waals surface area contributed by atoms with Crippen molar-refractivity contribution in [3.63, 3.8) is 0 Å². The van der Waals surface area contributed by atoms with Gasteiger partial charge in [-0.3, -0.25) is 9.69 Å². The number of hydrogen-bond donors (Lipinski definition) is 1. The average molecular weight is 223 g/mol.